The fourth-order valence-corrected chi connectivity index (χ4v) is 1.86. The van der Waals surface area contributed by atoms with Crippen molar-refractivity contribution in [3.63, 3.8) is 0 Å². The lowest BCUT2D eigenvalue weighted by molar-refractivity contribution is 0.257. The molecule has 0 aliphatic carbocycles. The highest BCUT2D eigenvalue weighted by atomic mass is 16.2. The summed E-state index contributed by atoms with van der Waals surface area (Å²) in [5, 5.41) is 2.84. The predicted molar refractivity (Wildman–Crippen MR) is 79.3 cm³/mol. The van der Waals surface area contributed by atoms with Gasteiger partial charge in [0.25, 0.3) is 0 Å². The van der Waals surface area contributed by atoms with E-state index in [9.17, 15) is 4.79 Å². The van der Waals surface area contributed by atoms with Crippen LogP contribution in [-0.4, -0.2) is 12.6 Å². The van der Waals surface area contributed by atoms with Gasteiger partial charge in [0.05, 0.1) is 0 Å². The van der Waals surface area contributed by atoms with Crippen LogP contribution in [0, 0.1) is 0 Å². The van der Waals surface area contributed by atoms with Crippen LogP contribution in [0.15, 0.2) is 54.6 Å². The Morgan fingerprint density at radius 2 is 1.89 bits per heavy atom. The third-order valence-electron chi connectivity index (χ3n) is 2.77. The number of amides is 2. The van der Waals surface area contributed by atoms with E-state index >= 15 is 0 Å². The number of hydrogen-bond donors (Lipinski definition) is 2. The summed E-state index contributed by atoms with van der Waals surface area (Å²) in [6, 6.07) is 16.5. The summed E-state index contributed by atoms with van der Waals surface area (Å²) in [5.74, 6) is 0. The van der Waals surface area contributed by atoms with E-state index in [-0.39, 0.29) is 6.03 Å². The number of nitrogens with one attached hydrogen (secondary N) is 1. The van der Waals surface area contributed by atoms with Crippen LogP contribution in [0.25, 0.3) is 0 Å². The number of nitrogens with two attached hydrogens (primary N) is 1. The van der Waals surface area contributed by atoms with Gasteiger partial charge in [-0.1, -0.05) is 24.3 Å². The van der Waals surface area contributed by atoms with Crippen molar-refractivity contribution >= 4 is 23.1 Å². The minimum atomic E-state index is -0.167. The van der Waals surface area contributed by atoms with Crippen molar-refractivity contribution in [1.29, 1.82) is 0 Å². The number of anilines is 3. The zero-order valence-electron chi connectivity index (χ0n) is 10.8. The lowest BCUT2D eigenvalue weighted by Crippen LogP contribution is -2.34. The lowest BCUT2D eigenvalue weighted by Gasteiger charge is -2.21. The maximum atomic E-state index is 12.2. The maximum Gasteiger partial charge on any atom is 0.326 e. The Morgan fingerprint density at radius 1 is 1.16 bits per heavy atom. The minimum Gasteiger partial charge on any atom is -0.399 e. The van der Waals surface area contributed by atoms with Gasteiger partial charge < -0.3 is 11.1 Å². The Balaban J connectivity index is 2.14. The zero-order valence-corrected chi connectivity index (χ0v) is 10.8. The molecule has 0 unspecified atom stereocenters. The Kier molecular flexibility index (Phi) is 4.03. The first-order valence-electron chi connectivity index (χ1n) is 6.20. The average molecular weight is 255 g/mol. The summed E-state index contributed by atoms with van der Waals surface area (Å²) in [4.78, 5) is 13.9. The van der Waals surface area contributed by atoms with Crippen molar-refractivity contribution in [2.75, 3.05) is 22.5 Å². The third-order valence-corrected chi connectivity index (χ3v) is 2.77. The number of benzene rings is 2. The van der Waals surface area contributed by atoms with E-state index in [1.807, 2.05) is 49.4 Å². The smallest absolute Gasteiger partial charge is 0.326 e. The first-order valence-corrected chi connectivity index (χ1v) is 6.20. The van der Waals surface area contributed by atoms with Crippen LogP contribution in [0.1, 0.15) is 6.92 Å². The summed E-state index contributed by atoms with van der Waals surface area (Å²) in [6.45, 7) is 2.53. The number of nitrogen functional groups attached to an aromatic ring is 1. The van der Waals surface area contributed by atoms with E-state index in [2.05, 4.69) is 5.32 Å². The molecule has 3 N–H and O–H groups in total. The normalized spacial score (nSPS) is 9.95. The summed E-state index contributed by atoms with van der Waals surface area (Å²) in [6.07, 6.45) is 0. The molecule has 0 aliphatic rings. The molecular formula is C15H17N3O. The highest BCUT2D eigenvalue weighted by Gasteiger charge is 2.13. The SMILES string of the molecule is CCN(C(=O)Nc1cccc(N)c1)c1ccccc1. The van der Waals surface area contributed by atoms with Crippen molar-refractivity contribution in [3.05, 3.63) is 54.6 Å². The van der Waals surface area contributed by atoms with E-state index in [1.54, 1.807) is 17.0 Å². The second-order valence-electron chi connectivity index (χ2n) is 4.14. The van der Waals surface area contributed by atoms with Crippen molar-refractivity contribution in [2.45, 2.75) is 6.92 Å². The molecule has 0 spiro atoms. The third kappa shape index (κ3) is 3.25. The number of rotatable bonds is 3. The standard InChI is InChI=1S/C15H17N3O/c1-2-18(14-9-4-3-5-10-14)15(19)17-13-8-6-7-12(16)11-13/h3-11H,2,16H2,1H3,(H,17,19). The molecule has 0 atom stereocenters. The highest BCUT2D eigenvalue weighted by Crippen LogP contribution is 2.16. The van der Waals surface area contributed by atoms with Crippen LogP contribution in [0.3, 0.4) is 0 Å². The lowest BCUT2D eigenvalue weighted by atomic mass is 10.3. The van der Waals surface area contributed by atoms with E-state index in [1.165, 1.54) is 0 Å². The molecule has 19 heavy (non-hydrogen) atoms. The summed E-state index contributed by atoms with van der Waals surface area (Å²) in [7, 11) is 0. The van der Waals surface area contributed by atoms with Gasteiger partial charge in [-0.25, -0.2) is 4.79 Å². The zero-order chi connectivity index (χ0) is 13.7. The minimum absolute atomic E-state index is 0.167. The molecule has 0 radical (unpaired) electrons. The van der Waals surface area contributed by atoms with Crippen LogP contribution in [0.4, 0.5) is 21.9 Å². The van der Waals surface area contributed by atoms with Gasteiger partial charge in [-0.3, -0.25) is 4.90 Å². The molecule has 2 aromatic carbocycles. The van der Waals surface area contributed by atoms with Crippen molar-refractivity contribution in [2.24, 2.45) is 0 Å². The van der Waals surface area contributed by atoms with Gasteiger partial charge in [-0.15, -0.1) is 0 Å². The van der Waals surface area contributed by atoms with Crippen molar-refractivity contribution in [1.82, 2.24) is 0 Å². The van der Waals surface area contributed by atoms with Crippen LogP contribution in [-0.2, 0) is 0 Å². The van der Waals surface area contributed by atoms with Crippen LogP contribution in [0.5, 0.6) is 0 Å². The second kappa shape index (κ2) is 5.91. The predicted octanol–water partition coefficient (Wildman–Crippen LogP) is 3.33. The molecule has 4 nitrogen and oxygen atoms in total. The van der Waals surface area contributed by atoms with Crippen molar-refractivity contribution in [3.8, 4) is 0 Å². The van der Waals surface area contributed by atoms with Gasteiger partial charge in [0.15, 0.2) is 0 Å². The summed E-state index contributed by atoms with van der Waals surface area (Å²) >= 11 is 0. The fraction of sp³-hybridized carbons (Fsp3) is 0.133. The van der Waals surface area contributed by atoms with Gasteiger partial charge in [-0.2, -0.15) is 0 Å². The quantitative estimate of drug-likeness (QED) is 0.826. The number of urea groups is 1. The van der Waals surface area contributed by atoms with Crippen LogP contribution < -0.4 is 16.0 Å². The molecule has 0 heterocycles. The molecule has 2 amide bonds. The summed E-state index contributed by atoms with van der Waals surface area (Å²) in [5.41, 5.74) is 7.88. The van der Waals surface area contributed by atoms with Gasteiger partial charge in [0.2, 0.25) is 0 Å². The molecule has 2 aromatic rings. The van der Waals surface area contributed by atoms with E-state index in [4.69, 9.17) is 5.73 Å². The van der Waals surface area contributed by atoms with Gasteiger partial charge in [0.1, 0.15) is 0 Å². The summed E-state index contributed by atoms with van der Waals surface area (Å²) < 4.78 is 0. The van der Waals surface area contributed by atoms with E-state index < -0.39 is 0 Å². The first kappa shape index (κ1) is 13.0. The average Bonchev–Trinajstić information content (AvgIpc) is 2.41. The largest absolute Gasteiger partial charge is 0.399 e. The van der Waals surface area contributed by atoms with Crippen molar-refractivity contribution < 1.29 is 4.79 Å². The molecular weight excluding hydrogens is 238 g/mol. The van der Waals surface area contributed by atoms with Gasteiger partial charge >= 0.3 is 6.03 Å². The van der Waals surface area contributed by atoms with Gasteiger partial charge in [0, 0.05) is 23.6 Å². The highest BCUT2D eigenvalue weighted by molar-refractivity contribution is 6.01. The Morgan fingerprint density at radius 3 is 2.53 bits per heavy atom. The van der Waals surface area contributed by atoms with Crippen LogP contribution in [0.2, 0.25) is 0 Å². The van der Waals surface area contributed by atoms with E-state index in [0.29, 0.717) is 17.9 Å². The number of para-hydroxylation sites is 1. The Labute approximate surface area is 112 Å². The molecule has 0 saturated carbocycles. The molecule has 0 bridgehead atoms. The molecule has 0 aromatic heterocycles. The van der Waals surface area contributed by atoms with Crippen LogP contribution >= 0.6 is 0 Å². The molecule has 0 fully saturated rings. The monoisotopic (exact) mass is 255 g/mol. The topological polar surface area (TPSA) is 58.4 Å². The number of nitrogens with zero attached hydrogens (tertiary/aromatic N) is 1. The number of hydrogen-bond acceptors (Lipinski definition) is 2. The molecule has 2 rings (SSSR count). The first-order chi connectivity index (χ1) is 9.20. The maximum absolute atomic E-state index is 12.2. The molecule has 0 aliphatic heterocycles. The molecule has 98 valence electrons. The number of carbonyl (C=O) groups excluding carboxylic acids is 1. The fourth-order valence-electron chi connectivity index (χ4n) is 1.86. The molecule has 0 saturated heterocycles. The Bertz CT molecular complexity index is 554. The second-order valence-corrected chi connectivity index (χ2v) is 4.14. The number of carbonyl (C=O) groups is 1. The van der Waals surface area contributed by atoms with Gasteiger partial charge in [-0.05, 0) is 37.3 Å². The van der Waals surface area contributed by atoms with E-state index in [0.717, 1.165) is 5.69 Å². The Hall–Kier alpha value is -2.49. The molecule has 4 heteroatoms.